The van der Waals surface area contributed by atoms with Gasteiger partial charge in [-0.25, -0.2) is 0 Å². The second kappa shape index (κ2) is 6.84. The Morgan fingerprint density at radius 3 is 2.57 bits per heavy atom. The topological polar surface area (TPSA) is 77.1 Å². The summed E-state index contributed by atoms with van der Waals surface area (Å²) < 4.78 is 2.04. The molecule has 8 heteroatoms. The van der Waals surface area contributed by atoms with E-state index >= 15 is 0 Å². The average Bonchev–Trinajstić information content (AvgIpc) is 2.77. The van der Waals surface area contributed by atoms with E-state index in [1.807, 2.05) is 30.3 Å². The van der Waals surface area contributed by atoms with Crippen LogP contribution in [0, 0.1) is 3.95 Å². The van der Waals surface area contributed by atoms with Crippen LogP contribution in [0.15, 0.2) is 30.3 Å². The van der Waals surface area contributed by atoms with E-state index in [-0.39, 0.29) is 23.1 Å². The molecule has 0 radical (unpaired) electrons. The van der Waals surface area contributed by atoms with Gasteiger partial charge in [-0.3, -0.25) is 14.2 Å². The number of nitrogens with two attached hydrogens (primary N) is 1. The van der Waals surface area contributed by atoms with E-state index in [1.54, 1.807) is 4.57 Å². The van der Waals surface area contributed by atoms with Crippen molar-refractivity contribution in [2.45, 2.75) is 6.42 Å². The number of thiazole rings is 1. The molecule has 0 saturated carbocycles. The van der Waals surface area contributed by atoms with Gasteiger partial charge in [0.15, 0.2) is 3.95 Å². The zero-order valence-electron chi connectivity index (χ0n) is 10.8. The van der Waals surface area contributed by atoms with Gasteiger partial charge in [-0.2, -0.15) is 0 Å². The standard InChI is InChI=1S/C13H12ClN3O2S2/c14-7-6-9(18)16-12-10(11(15)19)21-13(20)17(12)8-4-2-1-3-5-8/h1-5H,6-7H2,(H2,15,19)(H,16,18). The second-order valence-corrected chi connectivity index (χ2v) is 6.09. The van der Waals surface area contributed by atoms with E-state index in [9.17, 15) is 9.59 Å². The predicted octanol–water partition coefficient (Wildman–Crippen LogP) is 2.93. The van der Waals surface area contributed by atoms with Crippen LogP contribution >= 0.6 is 35.2 Å². The molecule has 2 amide bonds. The number of primary amides is 1. The summed E-state index contributed by atoms with van der Waals surface area (Å²) in [5.74, 6) is -0.459. The number of para-hydroxylation sites is 1. The minimum absolute atomic E-state index is 0.136. The Hall–Kier alpha value is -1.70. The molecule has 0 atom stereocenters. The molecule has 0 bridgehead atoms. The molecule has 0 spiro atoms. The molecule has 0 fully saturated rings. The molecule has 2 aromatic rings. The summed E-state index contributed by atoms with van der Waals surface area (Å²) >= 11 is 11.9. The van der Waals surface area contributed by atoms with Crippen molar-refractivity contribution in [1.29, 1.82) is 0 Å². The SMILES string of the molecule is NC(=O)c1sc(=S)n(-c2ccccc2)c1NC(=O)CCCl. The number of benzene rings is 1. The van der Waals surface area contributed by atoms with Gasteiger partial charge in [0.1, 0.15) is 10.7 Å². The molecular weight excluding hydrogens is 330 g/mol. The number of amides is 2. The van der Waals surface area contributed by atoms with Crippen LogP contribution in [0.3, 0.4) is 0 Å². The van der Waals surface area contributed by atoms with Gasteiger partial charge < -0.3 is 11.1 Å². The minimum atomic E-state index is -0.637. The molecule has 5 nitrogen and oxygen atoms in total. The average molecular weight is 342 g/mol. The highest BCUT2D eigenvalue weighted by molar-refractivity contribution is 7.73. The van der Waals surface area contributed by atoms with Gasteiger partial charge in [0.2, 0.25) is 5.91 Å². The zero-order valence-corrected chi connectivity index (χ0v) is 13.2. The van der Waals surface area contributed by atoms with Crippen molar-refractivity contribution < 1.29 is 9.59 Å². The van der Waals surface area contributed by atoms with Crippen LogP contribution in [0.4, 0.5) is 5.82 Å². The lowest BCUT2D eigenvalue weighted by atomic mass is 10.3. The van der Waals surface area contributed by atoms with Gasteiger partial charge >= 0.3 is 0 Å². The van der Waals surface area contributed by atoms with Crippen LogP contribution in [0.1, 0.15) is 16.1 Å². The first kappa shape index (κ1) is 15.7. The number of hydrogen-bond acceptors (Lipinski definition) is 4. The summed E-state index contributed by atoms with van der Waals surface area (Å²) in [7, 11) is 0. The quantitative estimate of drug-likeness (QED) is 0.648. The molecular formula is C13H12ClN3O2S2. The Kier molecular flexibility index (Phi) is 5.11. The normalized spacial score (nSPS) is 10.3. The molecule has 0 aliphatic rings. The van der Waals surface area contributed by atoms with Crippen LogP contribution in [0.2, 0.25) is 0 Å². The smallest absolute Gasteiger partial charge is 0.262 e. The third kappa shape index (κ3) is 3.49. The highest BCUT2D eigenvalue weighted by Gasteiger charge is 2.20. The van der Waals surface area contributed by atoms with Crippen molar-refractivity contribution >= 4 is 52.8 Å². The van der Waals surface area contributed by atoms with Crippen molar-refractivity contribution in [3.05, 3.63) is 39.2 Å². The van der Waals surface area contributed by atoms with Crippen molar-refractivity contribution in [2.24, 2.45) is 5.73 Å². The van der Waals surface area contributed by atoms with Crippen molar-refractivity contribution in [1.82, 2.24) is 4.57 Å². The Bertz CT molecular complexity index is 725. The van der Waals surface area contributed by atoms with E-state index in [0.29, 0.717) is 9.77 Å². The molecule has 0 aliphatic carbocycles. The van der Waals surface area contributed by atoms with Gasteiger partial charge in [0.05, 0.1) is 0 Å². The van der Waals surface area contributed by atoms with Crippen LogP contribution < -0.4 is 11.1 Å². The highest BCUT2D eigenvalue weighted by Crippen LogP contribution is 2.28. The fourth-order valence-corrected chi connectivity index (χ4v) is 3.17. The zero-order chi connectivity index (χ0) is 15.4. The highest BCUT2D eigenvalue weighted by atomic mass is 35.5. The molecule has 3 N–H and O–H groups in total. The van der Waals surface area contributed by atoms with E-state index in [0.717, 1.165) is 17.0 Å². The number of hydrogen-bond donors (Lipinski definition) is 2. The summed E-state index contributed by atoms with van der Waals surface area (Å²) in [6.45, 7) is 0. The number of rotatable bonds is 5. The Balaban J connectivity index is 2.56. The first-order valence-electron chi connectivity index (χ1n) is 6.01. The third-order valence-electron chi connectivity index (χ3n) is 2.63. The maximum Gasteiger partial charge on any atom is 0.262 e. The maximum atomic E-state index is 11.8. The fourth-order valence-electron chi connectivity index (χ4n) is 1.75. The van der Waals surface area contributed by atoms with Gasteiger partial charge in [-0.1, -0.05) is 29.5 Å². The number of carbonyl (C=O) groups is 2. The third-order valence-corrected chi connectivity index (χ3v) is 4.21. The number of nitrogens with zero attached hydrogens (tertiary/aromatic N) is 1. The monoisotopic (exact) mass is 341 g/mol. The predicted molar refractivity (Wildman–Crippen MR) is 87.0 cm³/mol. The van der Waals surface area contributed by atoms with Crippen LogP contribution in [0.25, 0.3) is 5.69 Å². The number of carbonyl (C=O) groups excluding carboxylic acids is 2. The summed E-state index contributed by atoms with van der Waals surface area (Å²) in [6.07, 6.45) is 0.136. The van der Waals surface area contributed by atoms with E-state index in [4.69, 9.17) is 29.6 Å². The van der Waals surface area contributed by atoms with Crippen LogP contribution in [-0.4, -0.2) is 22.3 Å². The molecule has 2 rings (SSSR count). The first-order valence-corrected chi connectivity index (χ1v) is 7.77. The van der Waals surface area contributed by atoms with Gasteiger partial charge in [-0.15, -0.1) is 11.6 Å². The summed E-state index contributed by atoms with van der Waals surface area (Å²) in [6, 6.07) is 9.18. The molecule has 1 aromatic carbocycles. The number of halogens is 1. The molecule has 0 aliphatic heterocycles. The van der Waals surface area contributed by atoms with E-state index < -0.39 is 5.91 Å². The van der Waals surface area contributed by atoms with E-state index in [2.05, 4.69) is 5.32 Å². The Labute approximate surface area is 135 Å². The molecule has 0 saturated heterocycles. The Morgan fingerprint density at radius 1 is 1.33 bits per heavy atom. The number of alkyl halides is 1. The summed E-state index contributed by atoms with van der Waals surface area (Å²) in [5, 5.41) is 2.66. The van der Waals surface area contributed by atoms with Crippen molar-refractivity contribution in [2.75, 3.05) is 11.2 Å². The lowest BCUT2D eigenvalue weighted by molar-refractivity contribution is -0.115. The number of aromatic nitrogens is 1. The van der Waals surface area contributed by atoms with E-state index in [1.165, 1.54) is 0 Å². The lowest BCUT2D eigenvalue weighted by Gasteiger charge is -2.10. The van der Waals surface area contributed by atoms with Gasteiger partial charge in [0, 0.05) is 18.0 Å². The fraction of sp³-hybridized carbons (Fsp3) is 0.154. The van der Waals surface area contributed by atoms with Crippen molar-refractivity contribution in [3.63, 3.8) is 0 Å². The molecule has 21 heavy (non-hydrogen) atoms. The second-order valence-electron chi connectivity index (χ2n) is 4.07. The molecule has 0 unspecified atom stereocenters. The van der Waals surface area contributed by atoms with Crippen LogP contribution in [-0.2, 0) is 4.79 Å². The first-order chi connectivity index (χ1) is 10.0. The minimum Gasteiger partial charge on any atom is -0.365 e. The maximum absolute atomic E-state index is 11.8. The molecule has 110 valence electrons. The summed E-state index contributed by atoms with van der Waals surface area (Å²) in [5.41, 5.74) is 6.10. The van der Waals surface area contributed by atoms with Gasteiger partial charge in [-0.05, 0) is 24.4 Å². The largest absolute Gasteiger partial charge is 0.365 e. The number of nitrogens with one attached hydrogen (secondary N) is 1. The number of anilines is 1. The lowest BCUT2D eigenvalue weighted by Crippen LogP contribution is -2.19. The van der Waals surface area contributed by atoms with Gasteiger partial charge in [0.25, 0.3) is 5.91 Å². The van der Waals surface area contributed by atoms with Crippen LogP contribution in [0.5, 0.6) is 0 Å². The Morgan fingerprint density at radius 2 is 2.00 bits per heavy atom. The van der Waals surface area contributed by atoms with Crippen molar-refractivity contribution in [3.8, 4) is 5.69 Å². The summed E-state index contributed by atoms with van der Waals surface area (Å²) in [4.78, 5) is 23.6. The molecule has 1 heterocycles. The molecule has 1 aromatic heterocycles.